The van der Waals surface area contributed by atoms with Crippen LogP contribution in [0.3, 0.4) is 0 Å². The number of furan rings is 1. The number of carbonyl (C=O) groups excluding carboxylic acids is 1. The second kappa shape index (κ2) is 6.34. The Balaban J connectivity index is 1.59. The van der Waals surface area contributed by atoms with Crippen molar-refractivity contribution < 1.29 is 31.7 Å². The molecule has 9 nitrogen and oxygen atoms in total. The number of hydrogen-bond acceptors (Lipinski definition) is 8. The molecule has 0 saturated carbocycles. The molecule has 2 aromatic rings. The average molecular weight is 351 g/mol. The van der Waals surface area contributed by atoms with Crippen LogP contribution in [-0.2, 0) is 14.9 Å². The van der Waals surface area contributed by atoms with Crippen molar-refractivity contribution in [3.05, 3.63) is 42.2 Å². The number of hydrazone groups is 1. The predicted octanol–water partition coefficient (Wildman–Crippen LogP) is 0.474. The number of hydrogen-bond donors (Lipinski definition) is 1. The zero-order valence-corrected chi connectivity index (χ0v) is 12.9. The van der Waals surface area contributed by atoms with Gasteiger partial charge in [0.05, 0.1) is 6.21 Å². The second-order valence-electron chi connectivity index (χ2n) is 4.71. The topological polar surface area (TPSA) is 130 Å². The highest BCUT2D eigenvalue weighted by Gasteiger charge is 2.26. The van der Waals surface area contributed by atoms with E-state index in [4.69, 9.17) is 13.9 Å². The van der Waals surface area contributed by atoms with Gasteiger partial charge in [-0.25, -0.2) is 13.8 Å². The van der Waals surface area contributed by atoms with Crippen LogP contribution in [0.1, 0.15) is 5.76 Å². The molecule has 1 aromatic carbocycles. The van der Waals surface area contributed by atoms with E-state index in [9.17, 15) is 17.8 Å². The van der Waals surface area contributed by atoms with Gasteiger partial charge in [0.15, 0.2) is 21.6 Å². The molecule has 2 heterocycles. The molecule has 10 heteroatoms. The van der Waals surface area contributed by atoms with E-state index in [-0.39, 0.29) is 12.4 Å². The highest BCUT2D eigenvalue weighted by molar-refractivity contribution is 7.85. The molecular formula is C14H11N2O7S-. The average Bonchev–Trinajstić information content (AvgIpc) is 3.03. The zero-order chi connectivity index (χ0) is 17.2. The fourth-order valence-electron chi connectivity index (χ4n) is 1.92. The van der Waals surface area contributed by atoms with Gasteiger partial charge in [0.2, 0.25) is 11.2 Å². The van der Waals surface area contributed by atoms with E-state index in [0.29, 0.717) is 11.5 Å². The summed E-state index contributed by atoms with van der Waals surface area (Å²) in [5.41, 5.74) is 2.22. The van der Waals surface area contributed by atoms with Crippen LogP contribution in [0.15, 0.2) is 51.0 Å². The first-order valence-corrected chi connectivity index (χ1v) is 8.11. The Hall–Kier alpha value is -2.85. The van der Waals surface area contributed by atoms with E-state index >= 15 is 0 Å². The Morgan fingerprint density at radius 2 is 2.00 bits per heavy atom. The summed E-state index contributed by atoms with van der Waals surface area (Å²) in [7, 11) is -4.67. The first-order valence-electron chi connectivity index (χ1n) is 6.70. The van der Waals surface area contributed by atoms with Crippen LogP contribution in [-0.4, -0.2) is 37.8 Å². The van der Waals surface area contributed by atoms with Gasteiger partial charge in [0.1, 0.15) is 12.4 Å². The molecule has 1 aromatic heterocycles. The van der Waals surface area contributed by atoms with Crippen LogP contribution in [0, 0.1) is 0 Å². The van der Waals surface area contributed by atoms with E-state index in [1.807, 2.05) is 0 Å². The molecule has 126 valence electrons. The lowest BCUT2D eigenvalue weighted by molar-refractivity contribution is -0.130. The molecule has 0 spiro atoms. The van der Waals surface area contributed by atoms with Crippen LogP contribution in [0.2, 0.25) is 0 Å². The summed E-state index contributed by atoms with van der Waals surface area (Å²) in [5, 5.41) is 2.89. The molecule has 1 atom stereocenters. The quantitative estimate of drug-likeness (QED) is 0.481. The molecule has 0 aliphatic carbocycles. The minimum atomic E-state index is -4.67. The molecule has 1 N–H and O–H groups in total. The molecule has 0 radical (unpaired) electrons. The number of ether oxygens (including phenoxy) is 2. The Morgan fingerprint density at radius 1 is 1.25 bits per heavy atom. The number of amides is 1. The third-order valence-electron chi connectivity index (χ3n) is 3.02. The summed E-state index contributed by atoms with van der Waals surface area (Å²) >= 11 is 0. The molecule has 0 bridgehead atoms. The van der Waals surface area contributed by atoms with Gasteiger partial charge >= 0.3 is 0 Å². The minimum Gasteiger partial charge on any atom is -0.742 e. The van der Waals surface area contributed by atoms with Gasteiger partial charge in [0, 0.05) is 0 Å². The van der Waals surface area contributed by atoms with E-state index in [1.54, 1.807) is 24.3 Å². The molecule has 0 fully saturated rings. The van der Waals surface area contributed by atoms with Crippen LogP contribution in [0.4, 0.5) is 0 Å². The summed E-state index contributed by atoms with van der Waals surface area (Å²) in [5.74, 6) is 0.441. The third kappa shape index (κ3) is 3.55. The fourth-order valence-corrected chi connectivity index (χ4v) is 2.35. The smallest absolute Gasteiger partial charge is 0.284 e. The number of nitrogens with zero attached hydrogens (tertiary/aromatic N) is 1. The third-order valence-corrected chi connectivity index (χ3v) is 3.73. The van der Waals surface area contributed by atoms with Gasteiger partial charge in [-0.1, -0.05) is 12.1 Å². The Labute approximate surface area is 136 Å². The lowest BCUT2D eigenvalue weighted by Gasteiger charge is -2.24. The van der Waals surface area contributed by atoms with Crippen molar-refractivity contribution in [3.63, 3.8) is 0 Å². The summed E-state index contributed by atoms with van der Waals surface area (Å²) in [4.78, 5) is 12.0. The Morgan fingerprint density at radius 3 is 2.71 bits per heavy atom. The number of rotatable bonds is 4. The van der Waals surface area contributed by atoms with Gasteiger partial charge in [-0.3, -0.25) is 4.79 Å². The lowest BCUT2D eigenvalue weighted by atomic mass is 10.2. The first-order chi connectivity index (χ1) is 11.4. The number of benzene rings is 1. The minimum absolute atomic E-state index is 0.00381. The molecular weight excluding hydrogens is 340 g/mol. The van der Waals surface area contributed by atoms with Crippen LogP contribution >= 0.6 is 0 Å². The summed E-state index contributed by atoms with van der Waals surface area (Å²) in [6.07, 6.45) is 0.177. The van der Waals surface area contributed by atoms with Gasteiger partial charge in [-0.15, -0.1) is 0 Å². The number of nitrogens with one attached hydrogen (secondary N) is 1. The van der Waals surface area contributed by atoms with Crippen molar-refractivity contribution in [2.24, 2.45) is 5.10 Å². The van der Waals surface area contributed by atoms with E-state index in [2.05, 4.69) is 10.5 Å². The molecule has 1 aliphatic heterocycles. The van der Waals surface area contributed by atoms with E-state index < -0.39 is 27.2 Å². The highest BCUT2D eigenvalue weighted by atomic mass is 32.2. The maximum atomic E-state index is 12.0. The largest absolute Gasteiger partial charge is 0.742 e. The molecule has 24 heavy (non-hydrogen) atoms. The normalized spacial score (nSPS) is 17.0. The number of fused-ring (bicyclic) bond motifs is 1. The first kappa shape index (κ1) is 16.0. The van der Waals surface area contributed by atoms with Gasteiger partial charge in [-0.2, -0.15) is 5.10 Å². The van der Waals surface area contributed by atoms with Crippen molar-refractivity contribution in [2.75, 3.05) is 6.61 Å². The second-order valence-corrected chi connectivity index (χ2v) is 6.02. The van der Waals surface area contributed by atoms with Gasteiger partial charge < -0.3 is 18.4 Å². The molecule has 0 saturated heterocycles. The Kier molecular flexibility index (Phi) is 4.23. The fraction of sp³-hybridized carbons (Fsp3) is 0.143. The lowest BCUT2D eigenvalue weighted by Crippen LogP contribution is -2.42. The van der Waals surface area contributed by atoms with E-state index in [0.717, 1.165) is 12.3 Å². The standard InChI is InChI=1S/C14H12N2O7S/c17-14(12-8-21-10-3-1-2-4-11(10)23-12)16-15-7-9-5-6-13(22-9)24(18,19)20/h1-7,12H,8H2,(H,16,17)(H,18,19,20)/p-1/b15-7-/t12-/m1/s1. The van der Waals surface area contributed by atoms with Crippen molar-refractivity contribution in [1.29, 1.82) is 0 Å². The SMILES string of the molecule is O=C(N/N=C\c1ccc(S(=O)(=O)[O-])o1)[C@H]1COc2ccccc2O1. The number of para-hydroxylation sites is 2. The van der Waals surface area contributed by atoms with E-state index in [1.165, 1.54) is 6.07 Å². The summed E-state index contributed by atoms with van der Waals surface area (Å²) in [6, 6.07) is 9.16. The Bertz CT molecular complexity index is 888. The monoisotopic (exact) mass is 351 g/mol. The maximum Gasteiger partial charge on any atom is 0.284 e. The molecule has 1 aliphatic rings. The summed E-state index contributed by atoms with van der Waals surface area (Å²) < 4.78 is 47.9. The number of carbonyl (C=O) groups is 1. The van der Waals surface area contributed by atoms with Crippen LogP contribution < -0.4 is 14.9 Å². The van der Waals surface area contributed by atoms with Crippen molar-refractivity contribution >= 4 is 22.2 Å². The van der Waals surface area contributed by atoms with Crippen LogP contribution in [0.5, 0.6) is 11.5 Å². The molecule has 3 rings (SSSR count). The predicted molar refractivity (Wildman–Crippen MR) is 78.8 cm³/mol. The van der Waals surface area contributed by atoms with Crippen molar-refractivity contribution in [2.45, 2.75) is 11.2 Å². The van der Waals surface area contributed by atoms with Gasteiger partial charge in [-0.05, 0) is 24.3 Å². The van der Waals surface area contributed by atoms with Crippen molar-refractivity contribution in [1.82, 2.24) is 5.43 Å². The molecule has 0 unspecified atom stereocenters. The van der Waals surface area contributed by atoms with Crippen molar-refractivity contribution in [3.8, 4) is 11.5 Å². The van der Waals surface area contributed by atoms with Gasteiger partial charge in [0.25, 0.3) is 5.91 Å². The highest BCUT2D eigenvalue weighted by Crippen LogP contribution is 2.30. The maximum absolute atomic E-state index is 12.0. The molecule has 1 amide bonds. The summed E-state index contributed by atoms with van der Waals surface area (Å²) in [6.45, 7) is 0.0255. The zero-order valence-electron chi connectivity index (χ0n) is 12.0. The van der Waals surface area contributed by atoms with Crippen LogP contribution in [0.25, 0.3) is 0 Å².